The summed E-state index contributed by atoms with van der Waals surface area (Å²) in [6.07, 6.45) is 5.36. The van der Waals surface area contributed by atoms with Gasteiger partial charge in [-0.05, 0) is 36.4 Å². The van der Waals surface area contributed by atoms with Crippen molar-refractivity contribution in [3.63, 3.8) is 0 Å². The predicted molar refractivity (Wildman–Crippen MR) is 98.0 cm³/mol. The normalized spacial score (nSPS) is 11.0. The van der Waals surface area contributed by atoms with Gasteiger partial charge in [-0.1, -0.05) is 11.8 Å². The number of nitrogens with one attached hydrogen (secondary N) is 1. The minimum absolute atomic E-state index is 0.565. The Hall–Kier alpha value is -3.00. The van der Waals surface area contributed by atoms with Crippen LogP contribution in [0.25, 0.3) is 11.4 Å². The second kappa shape index (κ2) is 7.49. The van der Waals surface area contributed by atoms with E-state index in [2.05, 4.69) is 25.0 Å². The molecule has 1 N–H and O–H groups in total. The highest BCUT2D eigenvalue weighted by Crippen LogP contribution is 2.28. The number of nitrogens with zero attached hydrogens (tertiary/aromatic N) is 4. The van der Waals surface area contributed by atoms with E-state index < -0.39 is 0 Å². The molecular weight excluding hydrogens is 350 g/mol. The van der Waals surface area contributed by atoms with Gasteiger partial charge >= 0.3 is 0 Å². The topological polar surface area (TPSA) is 81.8 Å². The lowest BCUT2D eigenvalue weighted by Gasteiger charge is -2.09. The zero-order chi connectivity index (χ0) is 17.8. The maximum absolute atomic E-state index is 5.52. The quantitative estimate of drug-likeness (QED) is 0.503. The minimum Gasteiger partial charge on any atom is -0.497 e. The van der Waals surface area contributed by atoms with E-state index in [0.717, 1.165) is 39.4 Å². The summed E-state index contributed by atoms with van der Waals surface area (Å²) in [6, 6.07) is 11.6. The van der Waals surface area contributed by atoms with Crippen molar-refractivity contribution < 1.29 is 9.15 Å². The van der Waals surface area contributed by atoms with Gasteiger partial charge in [0.15, 0.2) is 11.0 Å². The van der Waals surface area contributed by atoms with Gasteiger partial charge in [0.25, 0.3) is 0 Å². The number of aromatic nitrogens is 5. The molecule has 0 aliphatic carbocycles. The van der Waals surface area contributed by atoms with Crippen molar-refractivity contribution >= 4 is 11.8 Å². The van der Waals surface area contributed by atoms with Crippen LogP contribution in [0.5, 0.6) is 5.75 Å². The predicted octanol–water partition coefficient (Wildman–Crippen LogP) is 3.61. The molecule has 0 spiro atoms. The lowest BCUT2D eigenvalue weighted by atomic mass is 10.2. The van der Waals surface area contributed by atoms with Crippen molar-refractivity contribution in [2.24, 2.45) is 0 Å². The molecule has 0 fully saturated rings. The van der Waals surface area contributed by atoms with Crippen molar-refractivity contribution in [1.29, 1.82) is 0 Å². The number of hydrogen-bond donors (Lipinski definition) is 1. The zero-order valence-electron chi connectivity index (χ0n) is 14.1. The molecule has 3 aromatic heterocycles. The number of benzene rings is 1. The Morgan fingerprint density at radius 2 is 2.08 bits per heavy atom. The van der Waals surface area contributed by atoms with Crippen molar-refractivity contribution in [3.05, 3.63) is 66.4 Å². The average molecular weight is 367 g/mol. The molecule has 132 valence electrons. The number of hydrogen-bond acceptors (Lipinski definition) is 6. The Balaban J connectivity index is 1.65. The van der Waals surface area contributed by atoms with Gasteiger partial charge in [-0.2, -0.15) is 5.10 Å². The van der Waals surface area contributed by atoms with E-state index in [9.17, 15) is 0 Å². The van der Waals surface area contributed by atoms with Crippen molar-refractivity contribution in [2.75, 3.05) is 7.11 Å². The number of rotatable bonds is 7. The number of aromatic amines is 1. The molecular formula is C18H17N5O2S. The van der Waals surface area contributed by atoms with Crippen LogP contribution in [0, 0.1) is 0 Å². The maximum Gasteiger partial charge on any atom is 0.192 e. The molecule has 0 aliphatic heterocycles. The van der Waals surface area contributed by atoms with Crippen LogP contribution in [0.2, 0.25) is 0 Å². The molecule has 4 rings (SSSR count). The summed E-state index contributed by atoms with van der Waals surface area (Å²) in [6.45, 7) is 0.565. The van der Waals surface area contributed by atoms with Gasteiger partial charge in [-0.25, -0.2) is 0 Å². The summed E-state index contributed by atoms with van der Waals surface area (Å²) in [5.74, 6) is 3.21. The Labute approximate surface area is 154 Å². The highest BCUT2D eigenvalue weighted by atomic mass is 32.2. The third kappa shape index (κ3) is 3.50. The molecule has 3 heterocycles. The highest BCUT2D eigenvalue weighted by Gasteiger charge is 2.16. The van der Waals surface area contributed by atoms with Crippen LogP contribution < -0.4 is 4.74 Å². The van der Waals surface area contributed by atoms with E-state index >= 15 is 0 Å². The highest BCUT2D eigenvalue weighted by molar-refractivity contribution is 7.98. The first-order chi connectivity index (χ1) is 12.8. The second-order valence-corrected chi connectivity index (χ2v) is 6.54. The molecule has 0 atom stereocenters. The number of thioether (sulfide) groups is 1. The molecule has 4 aromatic rings. The van der Waals surface area contributed by atoms with Crippen LogP contribution >= 0.6 is 11.8 Å². The fraction of sp³-hybridized carbons (Fsp3) is 0.167. The van der Waals surface area contributed by atoms with E-state index in [-0.39, 0.29) is 0 Å². The second-order valence-electron chi connectivity index (χ2n) is 5.60. The molecule has 0 amide bonds. The number of methoxy groups -OCH3 is 1. The fourth-order valence-electron chi connectivity index (χ4n) is 2.55. The molecule has 26 heavy (non-hydrogen) atoms. The first-order valence-corrected chi connectivity index (χ1v) is 9.02. The van der Waals surface area contributed by atoms with Crippen molar-refractivity contribution in [3.8, 4) is 17.1 Å². The third-order valence-corrected chi connectivity index (χ3v) is 4.92. The summed E-state index contributed by atoms with van der Waals surface area (Å²) < 4.78 is 12.8. The number of H-pyrrole nitrogens is 1. The minimum atomic E-state index is 0.565. The summed E-state index contributed by atoms with van der Waals surface area (Å²) >= 11 is 1.61. The smallest absolute Gasteiger partial charge is 0.192 e. The van der Waals surface area contributed by atoms with Gasteiger partial charge in [0.1, 0.15) is 11.5 Å². The first-order valence-electron chi connectivity index (χ1n) is 8.04. The Bertz CT molecular complexity index is 946. The SMILES string of the molecule is COc1ccc(-c2nnc(SCc3cn[nH]c3)n2Cc2ccco2)cc1. The van der Waals surface area contributed by atoms with E-state index in [1.165, 1.54) is 0 Å². The first kappa shape index (κ1) is 16.5. The van der Waals surface area contributed by atoms with Crippen LogP contribution in [0.3, 0.4) is 0 Å². The van der Waals surface area contributed by atoms with Gasteiger partial charge in [0.2, 0.25) is 0 Å². The van der Waals surface area contributed by atoms with Crippen molar-refractivity contribution in [1.82, 2.24) is 25.0 Å². The standard InChI is InChI=1S/C18H17N5O2S/c1-24-15-6-4-14(5-7-15)17-21-22-18(26-12-13-9-19-20-10-13)23(17)11-16-3-2-8-25-16/h2-10H,11-12H2,1H3,(H,19,20). The van der Waals surface area contributed by atoms with Crippen LogP contribution in [0.15, 0.2) is 64.6 Å². The molecule has 0 aliphatic rings. The summed E-state index contributed by atoms with van der Waals surface area (Å²) in [5.41, 5.74) is 2.08. The van der Waals surface area contributed by atoms with Gasteiger partial charge < -0.3 is 9.15 Å². The van der Waals surface area contributed by atoms with Crippen LogP contribution in [-0.2, 0) is 12.3 Å². The Kier molecular flexibility index (Phi) is 4.74. The molecule has 0 radical (unpaired) electrons. The monoisotopic (exact) mass is 367 g/mol. The molecule has 7 nitrogen and oxygen atoms in total. The van der Waals surface area contributed by atoms with E-state index in [0.29, 0.717) is 6.54 Å². The van der Waals surface area contributed by atoms with Crippen LogP contribution in [-0.4, -0.2) is 32.1 Å². The molecule has 0 unspecified atom stereocenters. The summed E-state index contributed by atoms with van der Waals surface area (Å²) in [4.78, 5) is 0. The number of furan rings is 1. The van der Waals surface area contributed by atoms with Gasteiger partial charge in [0, 0.05) is 23.1 Å². The summed E-state index contributed by atoms with van der Waals surface area (Å²) in [5, 5.41) is 16.4. The molecule has 0 saturated heterocycles. The van der Waals surface area contributed by atoms with Crippen LogP contribution in [0.1, 0.15) is 11.3 Å². The Morgan fingerprint density at radius 1 is 1.19 bits per heavy atom. The van der Waals surface area contributed by atoms with Crippen LogP contribution in [0.4, 0.5) is 0 Å². The Morgan fingerprint density at radius 3 is 2.77 bits per heavy atom. The third-order valence-electron chi connectivity index (χ3n) is 3.88. The van der Waals surface area contributed by atoms with E-state index in [1.807, 2.05) is 48.8 Å². The average Bonchev–Trinajstić information content (AvgIpc) is 3.43. The molecule has 1 aromatic carbocycles. The zero-order valence-corrected chi connectivity index (χ0v) is 14.9. The van der Waals surface area contributed by atoms with Crippen molar-refractivity contribution in [2.45, 2.75) is 17.5 Å². The maximum atomic E-state index is 5.52. The lowest BCUT2D eigenvalue weighted by molar-refractivity contribution is 0.415. The lowest BCUT2D eigenvalue weighted by Crippen LogP contribution is -2.03. The van der Waals surface area contributed by atoms with E-state index in [4.69, 9.17) is 9.15 Å². The van der Waals surface area contributed by atoms with Gasteiger partial charge in [0.05, 0.1) is 26.1 Å². The van der Waals surface area contributed by atoms with Gasteiger partial charge in [-0.3, -0.25) is 9.67 Å². The number of ether oxygens (including phenoxy) is 1. The summed E-state index contributed by atoms with van der Waals surface area (Å²) in [7, 11) is 1.65. The van der Waals surface area contributed by atoms with E-state index in [1.54, 1.807) is 25.1 Å². The molecule has 8 heteroatoms. The van der Waals surface area contributed by atoms with Gasteiger partial charge in [-0.15, -0.1) is 10.2 Å². The molecule has 0 saturated carbocycles. The largest absolute Gasteiger partial charge is 0.497 e. The molecule has 0 bridgehead atoms. The fourth-order valence-corrected chi connectivity index (χ4v) is 3.41.